The van der Waals surface area contributed by atoms with Crippen LogP contribution in [0.2, 0.25) is 0 Å². The van der Waals surface area contributed by atoms with Gasteiger partial charge in [-0.2, -0.15) is 0 Å². The van der Waals surface area contributed by atoms with Crippen LogP contribution in [0.3, 0.4) is 0 Å². The van der Waals surface area contributed by atoms with Crippen molar-refractivity contribution in [3.8, 4) is 0 Å². The first kappa shape index (κ1) is 33.4. The number of amides is 1. The molecule has 270 valence electrons. The Morgan fingerprint density at radius 1 is 0.940 bits per heavy atom. The minimum absolute atomic E-state index is 0.0834. The highest BCUT2D eigenvalue weighted by molar-refractivity contribution is 5.88. The van der Waals surface area contributed by atoms with Crippen LogP contribution in [0.4, 0.5) is 27.9 Å². The van der Waals surface area contributed by atoms with E-state index in [4.69, 9.17) is 34.3 Å². The maximum Gasteiger partial charge on any atom is 0.407 e. The number of aryl methyl sites for hydroxylation is 1. The van der Waals surface area contributed by atoms with Crippen molar-refractivity contribution in [1.29, 1.82) is 0 Å². The predicted octanol–water partition coefficient (Wildman–Crippen LogP) is 5.89. The molecular formula is C37H53N9O4. The number of nitrogens with one attached hydrogen (secondary N) is 1. The third kappa shape index (κ3) is 6.47. The Bertz CT molecular complexity index is 1690. The van der Waals surface area contributed by atoms with Gasteiger partial charge in [0.1, 0.15) is 17.2 Å². The molecule has 8 heterocycles. The summed E-state index contributed by atoms with van der Waals surface area (Å²) in [6, 6.07) is 4.30. The zero-order valence-electron chi connectivity index (χ0n) is 30.2. The van der Waals surface area contributed by atoms with Gasteiger partial charge in [-0.15, -0.1) is 5.10 Å². The van der Waals surface area contributed by atoms with E-state index >= 15 is 0 Å². The van der Waals surface area contributed by atoms with Gasteiger partial charge in [0.2, 0.25) is 0 Å². The highest BCUT2D eigenvalue weighted by atomic mass is 16.6. The van der Waals surface area contributed by atoms with E-state index in [1.165, 1.54) is 19.3 Å². The summed E-state index contributed by atoms with van der Waals surface area (Å²) in [5.74, 6) is 2.76. The lowest BCUT2D eigenvalue weighted by molar-refractivity contribution is -0.0368. The second kappa shape index (κ2) is 13.4. The van der Waals surface area contributed by atoms with E-state index in [9.17, 15) is 4.79 Å². The Labute approximate surface area is 295 Å². The Hall–Kier alpha value is -3.71. The first-order valence-electron chi connectivity index (χ1n) is 18.9. The smallest absolute Gasteiger partial charge is 0.407 e. The summed E-state index contributed by atoms with van der Waals surface area (Å²) < 4.78 is 20.0. The zero-order chi connectivity index (χ0) is 34.5. The van der Waals surface area contributed by atoms with E-state index < -0.39 is 5.60 Å². The van der Waals surface area contributed by atoms with Crippen LogP contribution in [0.1, 0.15) is 97.4 Å². The van der Waals surface area contributed by atoms with E-state index in [0.717, 1.165) is 124 Å². The van der Waals surface area contributed by atoms with E-state index in [-0.39, 0.29) is 29.9 Å². The normalized spacial score (nSPS) is 25.6. The second-order valence-electron chi connectivity index (χ2n) is 15.9. The highest BCUT2D eigenvalue weighted by Gasteiger charge is 2.50. The summed E-state index contributed by atoms with van der Waals surface area (Å²) in [4.78, 5) is 35.4. The highest BCUT2D eigenvalue weighted by Crippen LogP contribution is 2.44. The molecule has 50 heavy (non-hydrogen) atoms. The SMILES string of the molecule is C[C@@H]1OCC2(CCN(c3cnc4c(N5CCCc6nc(N7CCCCC7)ccc65)nn(C5CCCCO5)c4n3)CC2)[C@@H]1NC(=O)OC(C)(C)C. The topological polar surface area (TPSA) is 123 Å². The Morgan fingerprint density at radius 2 is 1.74 bits per heavy atom. The molecule has 0 radical (unpaired) electrons. The van der Waals surface area contributed by atoms with Crippen molar-refractivity contribution < 1.29 is 19.0 Å². The lowest BCUT2D eigenvalue weighted by Gasteiger charge is -2.42. The van der Waals surface area contributed by atoms with Crippen molar-refractivity contribution in [3.63, 3.8) is 0 Å². The molecule has 3 aromatic rings. The summed E-state index contributed by atoms with van der Waals surface area (Å²) in [5.41, 5.74) is 3.09. The largest absolute Gasteiger partial charge is 0.444 e. The van der Waals surface area contributed by atoms with Crippen LogP contribution in [0.15, 0.2) is 18.3 Å². The van der Waals surface area contributed by atoms with Crippen LogP contribution in [0.25, 0.3) is 11.2 Å². The molecule has 5 aliphatic rings. The molecule has 0 saturated carbocycles. The van der Waals surface area contributed by atoms with Gasteiger partial charge in [0, 0.05) is 44.7 Å². The van der Waals surface area contributed by atoms with Crippen LogP contribution in [-0.2, 0) is 20.6 Å². The fraction of sp³-hybridized carbons (Fsp3) is 0.703. The minimum atomic E-state index is -0.555. The molecular weight excluding hydrogens is 634 g/mol. The van der Waals surface area contributed by atoms with Gasteiger partial charge in [-0.05, 0) is 104 Å². The quantitative estimate of drug-likeness (QED) is 0.345. The van der Waals surface area contributed by atoms with Gasteiger partial charge < -0.3 is 34.2 Å². The molecule has 5 aliphatic heterocycles. The second-order valence-corrected chi connectivity index (χ2v) is 15.9. The summed E-state index contributed by atoms with van der Waals surface area (Å²) in [7, 11) is 0. The first-order valence-corrected chi connectivity index (χ1v) is 18.9. The number of rotatable bonds is 5. The number of alkyl carbamates (subject to hydrolysis) is 1. The number of hydrogen-bond acceptors (Lipinski definition) is 11. The summed E-state index contributed by atoms with van der Waals surface area (Å²) in [6.07, 6.45) is 11.8. The van der Waals surface area contributed by atoms with E-state index in [2.05, 4.69) is 32.1 Å². The van der Waals surface area contributed by atoms with Crippen LogP contribution >= 0.6 is 0 Å². The fourth-order valence-electron chi connectivity index (χ4n) is 8.62. The summed E-state index contributed by atoms with van der Waals surface area (Å²) in [5, 5.41) is 8.39. The molecule has 0 aliphatic carbocycles. The molecule has 1 amide bonds. The molecule has 1 spiro atoms. The average Bonchev–Trinajstić information content (AvgIpc) is 3.65. The minimum Gasteiger partial charge on any atom is -0.444 e. The maximum absolute atomic E-state index is 12.8. The van der Waals surface area contributed by atoms with Crippen molar-refractivity contribution >= 4 is 40.4 Å². The number of carbonyl (C=O) groups is 1. The van der Waals surface area contributed by atoms with Crippen molar-refractivity contribution in [1.82, 2.24) is 30.0 Å². The molecule has 13 heteroatoms. The molecule has 4 fully saturated rings. The summed E-state index contributed by atoms with van der Waals surface area (Å²) in [6.45, 7) is 13.6. The molecule has 4 saturated heterocycles. The van der Waals surface area contributed by atoms with Crippen LogP contribution in [0.5, 0.6) is 0 Å². The van der Waals surface area contributed by atoms with Gasteiger partial charge in [0.25, 0.3) is 0 Å². The number of hydrogen-bond donors (Lipinski definition) is 1. The number of fused-ring (bicyclic) bond motifs is 2. The number of aromatic nitrogens is 5. The molecule has 1 unspecified atom stereocenters. The number of nitrogens with zero attached hydrogens (tertiary/aromatic N) is 8. The Kier molecular flexibility index (Phi) is 8.99. The lowest BCUT2D eigenvalue weighted by Crippen LogP contribution is -2.55. The third-order valence-corrected chi connectivity index (χ3v) is 11.3. The Morgan fingerprint density at radius 3 is 2.50 bits per heavy atom. The number of ether oxygens (including phenoxy) is 3. The maximum atomic E-state index is 12.8. The van der Waals surface area contributed by atoms with E-state index in [1.54, 1.807) is 0 Å². The first-order chi connectivity index (χ1) is 24.2. The Balaban J connectivity index is 1.06. The van der Waals surface area contributed by atoms with Crippen LogP contribution < -0.4 is 20.0 Å². The molecule has 8 rings (SSSR count). The number of piperidine rings is 2. The van der Waals surface area contributed by atoms with Gasteiger partial charge in [-0.1, -0.05) is 0 Å². The number of anilines is 4. The standard InChI is InChI=1S/C37H53N9O4/c1-25-32(41-35(47)50-36(2,3)4)37(24-49-25)15-20-44(21-16-37)29-23-38-31-33(40-29)46(30-12-6-9-22-48-30)42-34(31)45-19-10-11-26-27(45)13-14-28(39-26)43-17-7-5-8-18-43/h13-14,23,25,30,32H,5-12,15-22,24H2,1-4H3,(H,41,47)/t25-,30?,32+/m0/s1. The van der Waals surface area contributed by atoms with Crippen LogP contribution in [0, 0.1) is 5.41 Å². The zero-order valence-corrected chi connectivity index (χ0v) is 30.2. The van der Waals surface area contributed by atoms with Crippen molar-refractivity contribution in [2.75, 3.05) is 60.6 Å². The fourth-order valence-corrected chi connectivity index (χ4v) is 8.62. The van der Waals surface area contributed by atoms with Crippen molar-refractivity contribution in [2.24, 2.45) is 5.41 Å². The molecule has 13 nitrogen and oxygen atoms in total. The third-order valence-electron chi connectivity index (χ3n) is 11.3. The predicted molar refractivity (Wildman–Crippen MR) is 192 cm³/mol. The molecule has 0 bridgehead atoms. The van der Waals surface area contributed by atoms with Crippen LogP contribution in [-0.4, -0.2) is 94.5 Å². The average molecular weight is 688 g/mol. The number of carbonyl (C=O) groups excluding carboxylic acids is 1. The van der Waals surface area contributed by atoms with Crippen molar-refractivity contribution in [3.05, 3.63) is 24.0 Å². The van der Waals surface area contributed by atoms with Gasteiger partial charge in [-0.25, -0.2) is 24.4 Å². The molecule has 3 aromatic heterocycles. The van der Waals surface area contributed by atoms with Crippen molar-refractivity contribution in [2.45, 2.75) is 116 Å². The number of pyridine rings is 1. The van der Waals surface area contributed by atoms with Gasteiger partial charge in [0.05, 0.1) is 36.3 Å². The lowest BCUT2D eigenvalue weighted by atomic mass is 9.73. The van der Waals surface area contributed by atoms with Gasteiger partial charge >= 0.3 is 6.09 Å². The monoisotopic (exact) mass is 687 g/mol. The van der Waals surface area contributed by atoms with E-state index in [0.29, 0.717) is 6.61 Å². The van der Waals surface area contributed by atoms with E-state index in [1.807, 2.05) is 38.6 Å². The molecule has 0 aromatic carbocycles. The molecule has 3 atom stereocenters. The van der Waals surface area contributed by atoms with Gasteiger partial charge in [0.15, 0.2) is 23.2 Å². The summed E-state index contributed by atoms with van der Waals surface area (Å²) >= 11 is 0. The van der Waals surface area contributed by atoms with Gasteiger partial charge in [-0.3, -0.25) is 0 Å². The molecule has 1 N–H and O–H groups in total.